The van der Waals surface area contributed by atoms with E-state index in [4.69, 9.17) is 11.6 Å². The third-order valence-electron chi connectivity index (χ3n) is 2.99. The second-order valence-corrected chi connectivity index (χ2v) is 5.04. The second-order valence-electron chi connectivity index (χ2n) is 4.63. The SMILES string of the molecule is CCNc1ccc(C)cc1C(=O)Nc1c(F)cccc1Cl. The van der Waals surface area contributed by atoms with E-state index in [0.717, 1.165) is 5.56 Å². The highest BCUT2D eigenvalue weighted by atomic mass is 35.5. The molecule has 110 valence electrons. The van der Waals surface area contributed by atoms with Crippen molar-refractivity contribution in [1.82, 2.24) is 0 Å². The first-order valence-electron chi connectivity index (χ1n) is 6.62. The zero-order valence-corrected chi connectivity index (χ0v) is 12.6. The molecule has 0 saturated carbocycles. The Balaban J connectivity index is 2.34. The number of aryl methyl sites for hydroxylation is 1. The predicted octanol–water partition coefficient (Wildman–Crippen LogP) is 4.47. The maximum absolute atomic E-state index is 13.7. The summed E-state index contributed by atoms with van der Waals surface area (Å²) in [6.07, 6.45) is 0. The molecule has 0 radical (unpaired) electrons. The number of halogens is 2. The van der Waals surface area contributed by atoms with Crippen molar-refractivity contribution in [3.63, 3.8) is 0 Å². The monoisotopic (exact) mass is 306 g/mol. The summed E-state index contributed by atoms with van der Waals surface area (Å²) in [6, 6.07) is 9.76. The van der Waals surface area contributed by atoms with Gasteiger partial charge in [-0.3, -0.25) is 4.79 Å². The van der Waals surface area contributed by atoms with Crippen LogP contribution >= 0.6 is 11.6 Å². The minimum absolute atomic E-state index is 0.00637. The van der Waals surface area contributed by atoms with E-state index in [2.05, 4.69) is 10.6 Å². The van der Waals surface area contributed by atoms with Gasteiger partial charge < -0.3 is 10.6 Å². The number of hydrogen-bond acceptors (Lipinski definition) is 2. The number of rotatable bonds is 4. The van der Waals surface area contributed by atoms with Gasteiger partial charge in [-0.1, -0.05) is 29.3 Å². The van der Waals surface area contributed by atoms with Crippen LogP contribution in [-0.2, 0) is 0 Å². The van der Waals surface area contributed by atoms with Gasteiger partial charge in [-0.25, -0.2) is 4.39 Å². The Morgan fingerprint density at radius 2 is 2.05 bits per heavy atom. The van der Waals surface area contributed by atoms with Gasteiger partial charge in [0.15, 0.2) is 0 Å². The lowest BCUT2D eigenvalue weighted by Crippen LogP contribution is -2.16. The average Bonchev–Trinajstić information content (AvgIpc) is 2.45. The Labute approximate surface area is 128 Å². The summed E-state index contributed by atoms with van der Waals surface area (Å²) >= 11 is 5.92. The topological polar surface area (TPSA) is 41.1 Å². The molecule has 2 rings (SSSR count). The molecule has 21 heavy (non-hydrogen) atoms. The van der Waals surface area contributed by atoms with Crippen LogP contribution in [0.25, 0.3) is 0 Å². The Kier molecular flexibility index (Phi) is 4.81. The molecule has 0 unspecified atom stereocenters. The second kappa shape index (κ2) is 6.59. The molecule has 0 aliphatic rings. The molecular weight excluding hydrogens is 291 g/mol. The van der Waals surface area contributed by atoms with Crippen LogP contribution in [0, 0.1) is 12.7 Å². The Morgan fingerprint density at radius 3 is 2.71 bits per heavy atom. The summed E-state index contributed by atoms with van der Waals surface area (Å²) in [5.41, 5.74) is 2.10. The molecule has 2 aromatic rings. The van der Waals surface area contributed by atoms with E-state index in [9.17, 15) is 9.18 Å². The lowest BCUT2D eigenvalue weighted by molar-refractivity contribution is 0.102. The molecule has 0 fully saturated rings. The first-order valence-corrected chi connectivity index (χ1v) is 7.00. The highest BCUT2D eigenvalue weighted by Crippen LogP contribution is 2.26. The molecule has 0 aliphatic heterocycles. The number of carbonyl (C=O) groups excluding carboxylic acids is 1. The molecule has 3 nitrogen and oxygen atoms in total. The van der Waals surface area contributed by atoms with Gasteiger partial charge in [0.1, 0.15) is 5.82 Å². The van der Waals surface area contributed by atoms with Gasteiger partial charge in [0, 0.05) is 12.2 Å². The number of amides is 1. The highest BCUT2D eigenvalue weighted by Gasteiger charge is 2.15. The Morgan fingerprint density at radius 1 is 1.29 bits per heavy atom. The van der Waals surface area contributed by atoms with Crippen molar-refractivity contribution in [3.8, 4) is 0 Å². The average molecular weight is 307 g/mol. The van der Waals surface area contributed by atoms with Crippen LogP contribution < -0.4 is 10.6 Å². The molecule has 0 bridgehead atoms. The third kappa shape index (κ3) is 3.52. The minimum atomic E-state index is -0.562. The van der Waals surface area contributed by atoms with Crippen molar-refractivity contribution in [3.05, 3.63) is 58.4 Å². The van der Waals surface area contributed by atoms with Crippen LogP contribution in [-0.4, -0.2) is 12.5 Å². The van der Waals surface area contributed by atoms with Crippen LogP contribution in [0.2, 0.25) is 5.02 Å². The van der Waals surface area contributed by atoms with Gasteiger partial charge in [0.25, 0.3) is 5.91 Å². The van der Waals surface area contributed by atoms with Crippen LogP contribution in [0.3, 0.4) is 0 Å². The zero-order valence-electron chi connectivity index (χ0n) is 11.8. The molecular formula is C16H16ClFN2O. The maximum atomic E-state index is 13.7. The zero-order chi connectivity index (χ0) is 15.4. The van der Waals surface area contributed by atoms with Crippen molar-refractivity contribution in [2.24, 2.45) is 0 Å². The van der Waals surface area contributed by atoms with Crippen molar-refractivity contribution >= 4 is 28.9 Å². The van der Waals surface area contributed by atoms with Crippen LogP contribution in [0.1, 0.15) is 22.8 Å². The number of nitrogens with one attached hydrogen (secondary N) is 2. The largest absolute Gasteiger partial charge is 0.385 e. The molecule has 0 heterocycles. The van der Waals surface area contributed by atoms with Gasteiger partial charge >= 0.3 is 0 Å². The van der Waals surface area contributed by atoms with Crippen molar-refractivity contribution in [2.45, 2.75) is 13.8 Å². The summed E-state index contributed by atoms with van der Waals surface area (Å²) < 4.78 is 13.7. The number of benzene rings is 2. The first-order chi connectivity index (χ1) is 10.0. The van der Waals surface area contributed by atoms with E-state index in [1.165, 1.54) is 18.2 Å². The lowest BCUT2D eigenvalue weighted by atomic mass is 10.1. The van der Waals surface area contributed by atoms with E-state index in [1.54, 1.807) is 6.07 Å². The van der Waals surface area contributed by atoms with E-state index in [1.807, 2.05) is 26.0 Å². The fourth-order valence-corrected chi connectivity index (χ4v) is 2.20. The number of para-hydroxylation sites is 1. The standard InChI is InChI=1S/C16H16ClFN2O/c1-3-19-14-8-7-10(2)9-11(14)16(21)20-15-12(17)5-4-6-13(15)18/h4-9,19H,3H2,1-2H3,(H,20,21). The van der Waals surface area contributed by atoms with Gasteiger partial charge in [0.05, 0.1) is 16.3 Å². The summed E-state index contributed by atoms with van der Waals surface area (Å²) in [5.74, 6) is -0.963. The summed E-state index contributed by atoms with van der Waals surface area (Å²) in [5, 5.41) is 5.81. The molecule has 5 heteroatoms. The fraction of sp³-hybridized carbons (Fsp3) is 0.188. The first kappa shape index (κ1) is 15.3. The van der Waals surface area contributed by atoms with Gasteiger partial charge in [0.2, 0.25) is 0 Å². The molecule has 0 aromatic heterocycles. The van der Waals surface area contributed by atoms with E-state index < -0.39 is 11.7 Å². The minimum Gasteiger partial charge on any atom is -0.385 e. The van der Waals surface area contributed by atoms with Crippen molar-refractivity contribution < 1.29 is 9.18 Å². The highest BCUT2D eigenvalue weighted by molar-refractivity contribution is 6.34. The number of anilines is 2. The van der Waals surface area contributed by atoms with Gasteiger partial charge in [-0.2, -0.15) is 0 Å². The van der Waals surface area contributed by atoms with E-state index >= 15 is 0 Å². The summed E-state index contributed by atoms with van der Waals surface area (Å²) in [6.45, 7) is 4.52. The Bertz CT molecular complexity index is 653. The maximum Gasteiger partial charge on any atom is 0.257 e. The summed E-state index contributed by atoms with van der Waals surface area (Å²) in [4.78, 5) is 12.4. The van der Waals surface area contributed by atoms with Gasteiger partial charge in [-0.15, -0.1) is 0 Å². The molecule has 0 spiro atoms. The third-order valence-corrected chi connectivity index (χ3v) is 3.30. The summed E-state index contributed by atoms with van der Waals surface area (Å²) in [7, 11) is 0. The molecule has 0 aliphatic carbocycles. The van der Waals surface area contributed by atoms with Crippen LogP contribution in [0.15, 0.2) is 36.4 Å². The molecule has 2 N–H and O–H groups in total. The van der Waals surface area contributed by atoms with E-state index in [0.29, 0.717) is 17.8 Å². The normalized spacial score (nSPS) is 10.3. The predicted molar refractivity (Wildman–Crippen MR) is 84.7 cm³/mol. The fourth-order valence-electron chi connectivity index (χ4n) is 1.99. The van der Waals surface area contributed by atoms with E-state index in [-0.39, 0.29) is 10.7 Å². The molecule has 0 atom stereocenters. The van der Waals surface area contributed by atoms with Gasteiger partial charge in [-0.05, 0) is 38.1 Å². The lowest BCUT2D eigenvalue weighted by Gasteiger charge is -2.13. The number of hydrogen-bond donors (Lipinski definition) is 2. The molecule has 0 saturated heterocycles. The van der Waals surface area contributed by atoms with Crippen molar-refractivity contribution in [2.75, 3.05) is 17.2 Å². The van der Waals surface area contributed by atoms with Crippen LogP contribution in [0.5, 0.6) is 0 Å². The van der Waals surface area contributed by atoms with Crippen molar-refractivity contribution in [1.29, 1.82) is 0 Å². The van der Waals surface area contributed by atoms with Crippen LogP contribution in [0.4, 0.5) is 15.8 Å². The smallest absolute Gasteiger partial charge is 0.257 e. The number of carbonyl (C=O) groups is 1. The Hall–Kier alpha value is -2.07. The molecule has 1 amide bonds. The molecule has 2 aromatic carbocycles. The quantitative estimate of drug-likeness (QED) is 0.875.